The first kappa shape index (κ1) is 17.6. The topological polar surface area (TPSA) is 68.1 Å². The number of nitrogens with zero attached hydrogens (tertiary/aromatic N) is 5. The van der Waals surface area contributed by atoms with E-state index in [0.717, 1.165) is 54.0 Å². The molecule has 0 spiro atoms. The van der Waals surface area contributed by atoms with Crippen LogP contribution in [0.3, 0.4) is 0 Å². The van der Waals surface area contributed by atoms with Gasteiger partial charge in [0.15, 0.2) is 0 Å². The van der Waals surface area contributed by atoms with E-state index in [1.807, 2.05) is 31.7 Å². The Morgan fingerprint density at radius 3 is 2.55 bits per heavy atom. The maximum absolute atomic E-state index is 5.42. The van der Waals surface area contributed by atoms with Crippen LogP contribution >= 0.6 is 0 Å². The van der Waals surface area contributed by atoms with Gasteiger partial charge in [0.25, 0.3) is 0 Å². The zero-order valence-corrected chi connectivity index (χ0v) is 16.2. The molecule has 0 atom stereocenters. The Morgan fingerprint density at radius 1 is 0.966 bits per heavy atom. The minimum absolute atomic E-state index is 0.583. The van der Waals surface area contributed by atoms with E-state index < -0.39 is 0 Å². The highest BCUT2D eigenvalue weighted by Gasteiger charge is 2.11. The molecule has 7 heteroatoms. The van der Waals surface area contributed by atoms with Gasteiger partial charge in [0.2, 0.25) is 5.95 Å². The normalized spacial score (nSPS) is 14.3. The summed E-state index contributed by atoms with van der Waals surface area (Å²) in [6.45, 7) is 3.43. The van der Waals surface area contributed by atoms with Gasteiger partial charge in [0, 0.05) is 54.9 Å². The van der Waals surface area contributed by atoms with Crippen LogP contribution in [0.1, 0.15) is 0 Å². The number of morpholine rings is 1. The molecule has 0 radical (unpaired) electrons. The number of nitrogens with one attached hydrogen (secondary N) is 1. The Balaban J connectivity index is 1.37. The van der Waals surface area contributed by atoms with Crippen molar-refractivity contribution in [2.75, 3.05) is 36.5 Å². The number of hydrogen-bond acceptors (Lipinski definition) is 6. The van der Waals surface area contributed by atoms with Crippen LogP contribution in [0.25, 0.3) is 22.0 Å². The predicted molar refractivity (Wildman–Crippen MR) is 114 cm³/mol. The molecule has 3 heterocycles. The van der Waals surface area contributed by atoms with Gasteiger partial charge in [-0.15, -0.1) is 0 Å². The summed E-state index contributed by atoms with van der Waals surface area (Å²) >= 11 is 0. The van der Waals surface area contributed by atoms with Gasteiger partial charge in [-0.05, 0) is 35.9 Å². The van der Waals surface area contributed by atoms with Crippen molar-refractivity contribution >= 4 is 28.2 Å². The lowest BCUT2D eigenvalue weighted by atomic mass is 10.1. The molecule has 7 nitrogen and oxygen atoms in total. The Hall–Kier alpha value is -3.45. The van der Waals surface area contributed by atoms with Crippen LogP contribution in [0.15, 0.2) is 61.1 Å². The molecule has 0 bridgehead atoms. The fourth-order valence-corrected chi connectivity index (χ4v) is 3.54. The Kier molecular flexibility index (Phi) is 4.57. The standard InChI is InChI=1S/C22H22N6O/c1-27-15-18(14-24-27)16-2-3-17-13-23-22(26-21(17)12-16)25-19-4-6-20(7-5-19)28-8-10-29-11-9-28/h2-7,12-15H,8-11H2,1H3,(H,23,25,26). The first-order valence-corrected chi connectivity index (χ1v) is 9.70. The Morgan fingerprint density at radius 2 is 1.79 bits per heavy atom. The summed E-state index contributed by atoms with van der Waals surface area (Å²) in [5.74, 6) is 0.583. The molecule has 146 valence electrons. The van der Waals surface area contributed by atoms with Crippen molar-refractivity contribution in [2.45, 2.75) is 0 Å². The van der Waals surface area contributed by atoms with Crippen LogP contribution in [0, 0.1) is 0 Å². The SMILES string of the molecule is Cn1cc(-c2ccc3cnc(Nc4ccc(N5CCOCC5)cc4)nc3c2)cn1. The Labute approximate surface area is 169 Å². The Bertz CT molecular complexity index is 1130. The third kappa shape index (κ3) is 3.77. The lowest BCUT2D eigenvalue weighted by Gasteiger charge is -2.28. The van der Waals surface area contributed by atoms with Crippen molar-refractivity contribution in [3.63, 3.8) is 0 Å². The van der Waals surface area contributed by atoms with Crippen LogP contribution in [-0.2, 0) is 11.8 Å². The first-order valence-electron chi connectivity index (χ1n) is 9.70. The highest BCUT2D eigenvalue weighted by molar-refractivity contribution is 5.84. The second-order valence-corrected chi connectivity index (χ2v) is 7.14. The molecule has 2 aromatic carbocycles. The molecule has 29 heavy (non-hydrogen) atoms. The molecule has 1 N–H and O–H groups in total. The summed E-state index contributed by atoms with van der Waals surface area (Å²) in [6.07, 6.45) is 5.70. The summed E-state index contributed by atoms with van der Waals surface area (Å²) < 4.78 is 7.22. The molecule has 0 saturated carbocycles. The third-order valence-electron chi connectivity index (χ3n) is 5.12. The molecule has 1 fully saturated rings. The van der Waals surface area contributed by atoms with E-state index in [4.69, 9.17) is 9.72 Å². The molecule has 5 rings (SSSR count). The van der Waals surface area contributed by atoms with Crippen molar-refractivity contribution in [1.29, 1.82) is 0 Å². The minimum atomic E-state index is 0.583. The van der Waals surface area contributed by atoms with E-state index in [1.54, 1.807) is 4.68 Å². The molecule has 0 amide bonds. The van der Waals surface area contributed by atoms with Crippen molar-refractivity contribution in [2.24, 2.45) is 7.05 Å². The molecule has 2 aromatic heterocycles. The predicted octanol–water partition coefficient (Wildman–Crippen LogP) is 3.61. The van der Waals surface area contributed by atoms with E-state index in [1.165, 1.54) is 5.69 Å². The minimum Gasteiger partial charge on any atom is -0.378 e. The second kappa shape index (κ2) is 7.52. The maximum Gasteiger partial charge on any atom is 0.227 e. The second-order valence-electron chi connectivity index (χ2n) is 7.14. The molecular formula is C22H22N6O. The van der Waals surface area contributed by atoms with E-state index in [9.17, 15) is 0 Å². The quantitative estimate of drug-likeness (QED) is 0.578. The smallest absolute Gasteiger partial charge is 0.227 e. The van der Waals surface area contributed by atoms with Crippen molar-refractivity contribution in [3.05, 3.63) is 61.1 Å². The van der Waals surface area contributed by atoms with Gasteiger partial charge in [-0.3, -0.25) is 4.68 Å². The highest BCUT2D eigenvalue weighted by Crippen LogP contribution is 2.25. The molecule has 1 aliphatic rings. The molecule has 0 unspecified atom stereocenters. The monoisotopic (exact) mass is 386 g/mol. The van der Waals surface area contributed by atoms with Crippen molar-refractivity contribution in [3.8, 4) is 11.1 Å². The van der Waals surface area contributed by atoms with E-state index in [-0.39, 0.29) is 0 Å². The van der Waals surface area contributed by atoms with Gasteiger partial charge in [-0.2, -0.15) is 5.10 Å². The number of aromatic nitrogens is 4. The van der Waals surface area contributed by atoms with Crippen molar-refractivity contribution in [1.82, 2.24) is 19.7 Å². The average Bonchev–Trinajstić information content (AvgIpc) is 3.21. The fourth-order valence-electron chi connectivity index (χ4n) is 3.54. The largest absolute Gasteiger partial charge is 0.378 e. The van der Waals surface area contributed by atoms with Gasteiger partial charge < -0.3 is 15.0 Å². The number of rotatable bonds is 4. The van der Waals surface area contributed by atoms with Gasteiger partial charge in [-0.25, -0.2) is 9.97 Å². The van der Waals surface area contributed by atoms with Crippen LogP contribution in [0.5, 0.6) is 0 Å². The third-order valence-corrected chi connectivity index (χ3v) is 5.12. The summed E-state index contributed by atoms with van der Waals surface area (Å²) in [6, 6.07) is 14.5. The molecule has 1 aliphatic heterocycles. The zero-order valence-electron chi connectivity index (χ0n) is 16.2. The number of hydrogen-bond donors (Lipinski definition) is 1. The molecule has 0 aliphatic carbocycles. The van der Waals surface area contributed by atoms with E-state index in [2.05, 4.69) is 56.7 Å². The number of benzene rings is 2. The van der Waals surface area contributed by atoms with Crippen LogP contribution < -0.4 is 10.2 Å². The van der Waals surface area contributed by atoms with Gasteiger partial charge in [-0.1, -0.05) is 12.1 Å². The number of fused-ring (bicyclic) bond motifs is 1. The lowest BCUT2D eigenvalue weighted by Crippen LogP contribution is -2.36. The van der Waals surface area contributed by atoms with Crippen LogP contribution in [0.4, 0.5) is 17.3 Å². The first-order chi connectivity index (χ1) is 14.2. The van der Waals surface area contributed by atoms with E-state index >= 15 is 0 Å². The van der Waals surface area contributed by atoms with Crippen LogP contribution in [-0.4, -0.2) is 46.1 Å². The number of anilines is 3. The van der Waals surface area contributed by atoms with Gasteiger partial charge in [0.05, 0.1) is 24.9 Å². The summed E-state index contributed by atoms with van der Waals surface area (Å²) in [7, 11) is 1.92. The zero-order chi connectivity index (χ0) is 19.6. The summed E-state index contributed by atoms with van der Waals surface area (Å²) in [4.78, 5) is 11.5. The lowest BCUT2D eigenvalue weighted by molar-refractivity contribution is 0.122. The maximum atomic E-state index is 5.42. The van der Waals surface area contributed by atoms with Gasteiger partial charge in [0.1, 0.15) is 0 Å². The fraction of sp³-hybridized carbons (Fsp3) is 0.227. The number of aryl methyl sites for hydroxylation is 1. The molecule has 4 aromatic rings. The highest BCUT2D eigenvalue weighted by atomic mass is 16.5. The van der Waals surface area contributed by atoms with Gasteiger partial charge >= 0.3 is 0 Å². The summed E-state index contributed by atoms with van der Waals surface area (Å²) in [5.41, 5.74) is 5.23. The number of ether oxygens (including phenoxy) is 1. The summed E-state index contributed by atoms with van der Waals surface area (Å²) in [5, 5.41) is 8.56. The average molecular weight is 386 g/mol. The molecule has 1 saturated heterocycles. The van der Waals surface area contributed by atoms with Crippen LogP contribution in [0.2, 0.25) is 0 Å². The van der Waals surface area contributed by atoms with Crippen molar-refractivity contribution < 1.29 is 4.74 Å². The molecular weight excluding hydrogens is 364 g/mol. The van der Waals surface area contributed by atoms with E-state index in [0.29, 0.717) is 5.95 Å².